The number of piperidine rings is 1. The van der Waals surface area contributed by atoms with Crippen LogP contribution in [0, 0.1) is 48.3 Å². The maximum absolute atomic E-state index is 14.0. The Bertz CT molecular complexity index is 1510. The number of unbranched alkanes of at least 4 members (excludes halogenated alkanes) is 1. The van der Waals surface area contributed by atoms with Gasteiger partial charge in [-0.2, -0.15) is 0 Å². The molecule has 5 aliphatic rings. The molecule has 3 heterocycles. The molecular formula is C46H67ClN4O2. The molecule has 2 aliphatic carbocycles. The highest BCUT2D eigenvalue weighted by Crippen LogP contribution is 2.43. The van der Waals surface area contributed by atoms with E-state index in [0.717, 1.165) is 85.1 Å². The van der Waals surface area contributed by atoms with Crippen LogP contribution in [0.3, 0.4) is 0 Å². The summed E-state index contributed by atoms with van der Waals surface area (Å²) >= 11 is 6.51. The number of ketones is 1. The van der Waals surface area contributed by atoms with E-state index in [-0.39, 0.29) is 17.7 Å². The smallest absolute Gasteiger partial charge is 0.227 e. The number of halogens is 1. The first-order chi connectivity index (χ1) is 25.8. The number of anilines is 2. The second kappa shape index (κ2) is 18.5. The Morgan fingerprint density at radius 1 is 0.906 bits per heavy atom. The number of hydrogen-bond acceptors (Lipinski definition) is 5. The van der Waals surface area contributed by atoms with Gasteiger partial charge in [-0.1, -0.05) is 80.8 Å². The number of aryl methyl sites for hydroxylation is 1. The number of rotatable bonds is 15. The number of amides is 1. The molecule has 4 unspecified atom stereocenters. The summed E-state index contributed by atoms with van der Waals surface area (Å²) in [5.74, 6) is 4.92. The van der Waals surface area contributed by atoms with Crippen LogP contribution in [0.2, 0.25) is 5.02 Å². The minimum atomic E-state index is 0.0569. The van der Waals surface area contributed by atoms with E-state index in [1.54, 1.807) is 0 Å². The van der Waals surface area contributed by atoms with Crippen LogP contribution < -0.4 is 16.4 Å². The van der Waals surface area contributed by atoms with Gasteiger partial charge >= 0.3 is 0 Å². The molecule has 53 heavy (non-hydrogen) atoms. The maximum atomic E-state index is 14.0. The van der Waals surface area contributed by atoms with Crippen LogP contribution in [0.5, 0.6) is 0 Å². The van der Waals surface area contributed by atoms with Crippen molar-refractivity contribution in [1.29, 1.82) is 0 Å². The van der Waals surface area contributed by atoms with E-state index in [4.69, 9.17) is 17.3 Å². The summed E-state index contributed by atoms with van der Waals surface area (Å²) in [6.45, 7) is 6.79. The average Bonchev–Trinajstić information content (AvgIpc) is 3.30. The molecule has 2 aromatic carbocycles. The van der Waals surface area contributed by atoms with Crippen LogP contribution in [0.4, 0.5) is 11.4 Å². The van der Waals surface area contributed by atoms with Crippen molar-refractivity contribution < 1.29 is 9.59 Å². The summed E-state index contributed by atoms with van der Waals surface area (Å²) in [7, 11) is 0. The number of nitrogens with one attached hydrogen (secondary N) is 2. The van der Waals surface area contributed by atoms with Gasteiger partial charge < -0.3 is 16.4 Å². The molecule has 5 atom stereocenters. The van der Waals surface area contributed by atoms with Gasteiger partial charge in [0, 0.05) is 36.5 Å². The van der Waals surface area contributed by atoms with Crippen molar-refractivity contribution in [3.05, 3.63) is 58.1 Å². The molecule has 3 aliphatic heterocycles. The molecule has 2 saturated heterocycles. The molecule has 2 aromatic rings. The third-order valence-electron chi connectivity index (χ3n) is 14.7. The van der Waals surface area contributed by atoms with Crippen molar-refractivity contribution in [3.8, 4) is 0 Å². The number of nitrogens with zero attached hydrogens (tertiary/aromatic N) is 1. The summed E-state index contributed by atoms with van der Waals surface area (Å²) in [5.41, 5.74) is 11.3. The van der Waals surface area contributed by atoms with E-state index >= 15 is 0 Å². The highest BCUT2D eigenvalue weighted by atomic mass is 35.5. The van der Waals surface area contributed by atoms with Crippen molar-refractivity contribution in [1.82, 2.24) is 10.2 Å². The Kier molecular flexibility index (Phi) is 13.5. The standard InChI is InChI=1S/C46H67ClN4O2/c1-31-26-35(28-41(47)45(31)48)27-38(44(52)19-15-34-21-24-51(25-22-34)43-30-49-23-20-36-17-18-40(36)43)8-3-2-6-32-10-12-33(13-11-32)14-16-39-29-37-7-4-5-9-42(37)50-46(39)53/h4-5,7,9,26,28,32-34,36,38-40,43,49H,2-3,6,8,10-25,27,29-30,48H2,1H3,(H,50,53)/t32?,33?,36?,38-,39?,40?,43?/m1/s1. The molecular weight excluding hydrogens is 676 g/mol. The number of carbonyl (C=O) groups excluding carboxylic acids is 2. The summed E-state index contributed by atoms with van der Waals surface area (Å²) in [6.07, 6.45) is 22.1. The lowest BCUT2D eigenvalue weighted by molar-refractivity contribution is -0.123. The molecule has 0 radical (unpaired) electrons. The molecule has 0 aromatic heterocycles. The fourth-order valence-corrected chi connectivity index (χ4v) is 11.3. The van der Waals surface area contributed by atoms with E-state index in [9.17, 15) is 9.59 Å². The van der Waals surface area contributed by atoms with Crippen LogP contribution in [-0.2, 0) is 22.4 Å². The van der Waals surface area contributed by atoms with Crippen molar-refractivity contribution in [2.75, 3.05) is 37.2 Å². The Morgan fingerprint density at radius 2 is 1.66 bits per heavy atom. The van der Waals surface area contributed by atoms with E-state index in [1.807, 2.05) is 25.1 Å². The van der Waals surface area contributed by atoms with Gasteiger partial charge in [-0.15, -0.1) is 0 Å². The van der Waals surface area contributed by atoms with Gasteiger partial charge in [0.2, 0.25) is 5.91 Å². The van der Waals surface area contributed by atoms with Crippen molar-refractivity contribution in [3.63, 3.8) is 0 Å². The van der Waals surface area contributed by atoms with Gasteiger partial charge in [0.15, 0.2) is 0 Å². The SMILES string of the molecule is Cc1cc(C[C@@H](CCCCC2CCC(CCC3Cc4ccccc4NC3=O)CC2)C(=O)CCC2CCN(C3CNCCC4CCC43)CC2)cc(Cl)c1N. The predicted molar refractivity (Wildman–Crippen MR) is 219 cm³/mol. The number of carbonyl (C=O) groups is 2. The number of fused-ring (bicyclic) bond motifs is 2. The van der Waals surface area contributed by atoms with Gasteiger partial charge in [0.05, 0.1) is 10.7 Å². The Hall–Kier alpha value is -2.41. The lowest BCUT2D eigenvalue weighted by atomic mass is 9.68. The van der Waals surface area contributed by atoms with Gasteiger partial charge in [-0.05, 0) is 156 Å². The zero-order valence-electron chi connectivity index (χ0n) is 32.6. The number of nitrogen functional groups attached to an aromatic ring is 1. The van der Waals surface area contributed by atoms with Crippen molar-refractivity contribution >= 4 is 34.7 Å². The van der Waals surface area contributed by atoms with E-state index in [2.05, 4.69) is 33.7 Å². The van der Waals surface area contributed by atoms with Crippen LogP contribution in [-0.4, -0.2) is 48.8 Å². The van der Waals surface area contributed by atoms with Crippen molar-refractivity contribution in [2.24, 2.45) is 41.4 Å². The largest absolute Gasteiger partial charge is 0.397 e. The Labute approximate surface area is 325 Å². The molecule has 2 saturated carbocycles. The molecule has 4 fully saturated rings. The third kappa shape index (κ3) is 10.1. The zero-order valence-corrected chi connectivity index (χ0v) is 33.3. The summed E-state index contributed by atoms with van der Waals surface area (Å²) in [5, 5.41) is 7.48. The molecule has 7 heteroatoms. The number of nitrogens with two attached hydrogens (primary N) is 1. The molecule has 1 amide bonds. The lowest BCUT2D eigenvalue weighted by Crippen LogP contribution is -2.52. The molecule has 290 valence electrons. The second-order valence-electron chi connectivity index (χ2n) is 18.1. The predicted octanol–water partition coefficient (Wildman–Crippen LogP) is 9.80. The number of likely N-dealkylation sites (tertiary alicyclic amines) is 1. The Balaban J connectivity index is 0.839. The Morgan fingerprint density at radius 3 is 2.42 bits per heavy atom. The minimum absolute atomic E-state index is 0.0569. The highest BCUT2D eigenvalue weighted by molar-refractivity contribution is 6.33. The number of para-hydroxylation sites is 1. The summed E-state index contributed by atoms with van der Waals surface area (Å²) < 4.78 is 0. The van der Waals surface area contributed by atoms with Crippen LogP contribution >= 0.6 is 11.6 Å². The van der Waals surface area contributed by atoms with Gasteiger partial charge in [0.25, 0.3) is 0 Å². The third-order valence-corrected chi connectivity index (χ3v) is 15.0. The van der Waals surface area contributed by atoms with E-state index in [1.165, 1.54) is 109 Å². The van der Waals surface area contributed by atoms with Crippen molar-refractivity contribution in [2.45, 2.75) is 135 Å². The van der Waals surface area contributed by atoms with Crippen LogP contribution in [0.15, 0.2) is 36.4 Å². The number of benzene rings is 2. The monoisotopic (exact) mass is 742 g/mol. The normalized spacial score (nSPS) is 28.6. The van der Waals surface area contributed by atoms with Gasteiger partial charge in [0.1, 0.15) is 5.78 Å². The average molecular weight is 744 g/mol. The lowest BCUT2D eigenvalue weighted by Gasteiger charge is -2.47. The van der Waals surface area contributed by atoms with Crippen LogP contribution in [0.1, 0.15) is 126 Å². The first-order valence-electron chi connectivity index (χ1n) is 21.7. The summed E-state index contributed by atoms with van der Waals surface area (Å²) in [6, 6.07) is 13.1. The van der Waals surface area contributed by atoms with Gasteiger partial charge in [-0.3, -0.25) is 14.5 Å². The van der Waals surface area contributed by atoms with Gasteiger partial charge in [-0.25, -0.2) is 0 Å². The fraction of sp³-hybridized carbons (Fsp3) is 0.696. The molecule has 7 rings (SSSR count). The second-order valence-corrected chi connectivity index (χ2v) is 18.5. The zero-order chi connectivity index (χ0) is 36.7. The van der Waals surface area contributed by atoms with Crippen LogP contribution in [0.25, 0.3) is 0 Å². The minimum Gasteiger partial charge on any atom is -0.397 e. The molecule has 0 spiro atoms. The molecule has 4 N–H and O–H groups in total. The van der Waals surface area contributed by atoms with E-state index < -0.39 is 0 Å². The quantitative estimate of drug-likeness (QED) is 0.125. The fourth-order valence-electron chi connectivity index (χ4n) is 11.0. The maximum Gasteiger partial charge on any atom is 0.227 e. The molecule has 6 nitrogen and oxygen atoms in total. The van der Waals surface area contributed by atoms with E-state index in [0.29, 0.717) is 28.8 Å². The molecule has 0 bridgehead atoms. The highest BCUT2D eigenvalue weighted by Gasteiger charge is 2.41. The topological polar surface area (TPSA) is 87.5 Å². The first-order valence-corrected chi connectivity index (χ1v) is 22.1. The summed E-state index contributed by atoms with van der Waals surface area (Å²) in [4.78, 5) is 29.5. The first kappa shape index (κ1) is 38.8. The number of Topliss-reactive ketones (excluding diaryl/α,β-unsaturated/α-hetero) is 1. The number of hydrogen-bond donors (Lipinski definition) is 3.